The van der Waals surface area contributed by atoms with Crippen LogP contribution < -0.4 is 9.47 Å². The first kappa shape index (κ1) is 17.6. The van der Waals surface area contributed by atoms with E-state index in [2.05, 4.69) is 4.98 Å². The van der Waals surface area contributed by atoms with Gasteiger partial charge in [-0.1, -0.05) is 0 Å². The van der Waals surface area contributed by atoms with Crippen molar-refractivity contribution in [2.45, 2.75) is 12.7 Å². The average Bonchev–Trinajstić information content (AvgIpc) is 2.97. The summed E-state index contributed by atoms with van der Waals surface area (Å²) in [6.45, 7) is -1.17. The molecule has 0 aliphatic carbocycles. The van der Waals surface area contributed by atoms with Gasteiger partial charge in [0, 0.05) is 18.5 Å². The van der Waals surface area contributed by atoms with Crippen LogP contribution in [0, 0.1) is 0 Å². The summed E-state index contributed by atoms with van der Waals surface area (Å²) in [5.74, 6) is 0.444. The predicted octanol–water partition coefficient (Wildman–Crippen LogP) is 3.36. The zero-order valence-electron chi connectivity index (χ0n) is 13.0. The van der Waals surface area contributed by atoms with Crippen LogP contribution in [0.2, 0.25) is 0 Å². The summed E-state index contributed by atoms with van der Waals surface area (Å²) in [5.41, 5.74) is 0.267. The molecule has 0 aliphatic heterocycles. The number of nitrogens with zero attached hydrogens (tertiary/aromatic N) is 2. The maximum Gasteiger partial charge on any atom is 0.406 e. The van der Waals surface area contributed by atoms with Crippen LogP contribution in [0.3, 0.4) is 0 Å². The predicted molar refractivity (Wildman–Crippen MR) is 81.2 cm³/mol. The number of hydrogen-bond acceptors (Lipinski definition) is 4. The number of rotatable bonds is 6. The number of methoxy groups -OCH3 is 2. The molecule has 0 atom stereocenters. The Morgan fingerprint density at radius 1 is 1.29 bits per heavy atom. The van der Waals surface area contributed by atoms with E-state index < -0.39 is 18.5 Å². The van der Waals surface area contributed by atoms with Crippen molar-refractivity contribution in [1.82, 2.24) is 9.55 Å². The number of alkyl halides is 3. The van der Waals surface area contributed by atoms with Crippen LogP contribution in [0.5, 0.6) is 11.5 Å². The monoisotopic (exact) mass is 340 g/mol. The molecule has 1 heterocycles. The molecule has 2 aromatic rings. The minimum Gasteiger partial charge on any atom is -0.497 e. The quantitative estimate of drug-likeness (QED) is 0.598. The van der Waals surface area contributed by atoms with Crippen LogP contribution in [0.1, 0.15) is 16.2 Å². The summed E-state index contributed by atoms with van der Waals surface area (Å²) in [7, 11) is 2.89. The highest BCUT2D eigenvalue weighted by atomic mass is 19.4. The Morgan fingerprint density at radius 2 is 2.04 bits per heavy atom. The van der Waals surface area contributed by atoms with Gasteiger partial charge >= 0.3 is 6.18 Å². The molecule has 5 nitrogen and oxygen atoms in total. The van der Waals surface area contributed by atoms with Gasteiger partial charge in [-0.3, -0.25) is 4.79 Å². The van der Waals surface area contributed by atoms with Crippen LogP contribution >= 0.6 is 0 Å². The molecule has 0 amide bonds. The van der Waals surface area contributed by atoms with Gasteiger partial charge in [0.25, 0.3) is 0 Å². The van der Waals surface area contributed by atoms with Gasteiger partial charge in [-0.25, -0.2) is 4.98 Å². The molecule has 8 heteroatoms. The first-order valence-corrected chi connectivity index (χ1v) is 6.86. The number of carbonyl (C=O) groups is 1. The topological polar surface area (TPSA) is 53.3 Å². The molecule has 24 heavy (non-hydrogen) atoms. The van der Waals surface area contributed by atoms with E-state index in [0.717, 1.165) is 10.6 Å². The second-order valence-electron chi connectivity index (χ2n) is 4.79. The molecule has 0 spiro atoms. The second kappa shape index (κ2) is 7.20. The summed E-state index contributed by atoms with van der Waals surface area (Å²) >= 11 is 0. The van der Waals surface area contributed by atoms with Gasteiger partial charge in [0.15, 0.2) is 5.78 Å². The van der Waals surface area contributed by atoms with Gasteiger partial charge < -0.3 is 14.0 Å². The number of benzene rings is 1. The van der Waals surface area contributed by atoms with Crippen LogP contribution in [0.25, 0.3) is 6.08 Å². The first-order valence-electron chi connectivity index (χ1n) is 6.86. The third-order valence-electron chi connectivity index (χ3n) is 3.16. The van der Waals surface area contributed by atoms with Gasteiger partial charge in [0.05, 0.1) is 19.8 Å². The molecule has 0 N–H and O–H groups in total. The van der Waals surface area contributed by atoms with E-state index in [1.165, 1.54) is 38.8 Å². The van der Waals surface area contributed by atoms with Crippen LogP contribution in [-0.2, 0) is 6.54 Å². The fourth-order valence-corrected chi connectivity index (χ4v) is 2.05. The lowest BCUT2D eigenvalue weighted by Gasteiger charge is -2.09. The van der Waals surface area contributed by atoms with Crippen molar-refractivity contribution in [2.75, 3.05) is 14.2 Å². The molecular weight excluding hydrogens is 325 g/mol. The van der Waals surface area contributed by atoms with Crippen molar-refractivity contribution in [3.63, 3.8) is 0 Å². The maximum absolute atomic E-state index is 12.5. The van der Waals surface area contributed by atoms with Crippen LogP contribution in [0.4, 0.5) is 13.2 Å². The molecule has 128 valence electrons. The largest absolute Gasteiger partial charge is 0.497 e. The molecule has 0 saturated carbocycles. The van der Waals surface area contributed by atoms with Gasteiger partial charge in [-0.15, -0.1) is 0 Å². The second-order valence-corrected chi connectivity index (χ2v) is 4.79. The molecule has 0 fully saturated rings. The highest BCUT2D eigenvalue weighted by Crippen LogP contribution is 2.25. The Hall–Kier alpha value is -2.77. The Kier molecular flexibility index (Phi) is 5.28. The van der Waals surface area contributed by atoms with Gasteiger partial charge in [-0.05, 0) is 24.3 Å². The third-order valence-corrected chi connectivity index (χ3v) is 3.16. The highest BCUT2D eigenvalue weighted by molar-refractivity contribution is 6.08. The van der Waals surface area contributed by atoms with E-state index in [1.54, 1.807) is 12.1 Å². The Morgan fingerprint density at radius 3 is 2.67 bits per heavy atom. The van der Waals surface area contributed by atoms with Crippen molar-refractivity contribution in [1.29, 1.82) is 0 Å². The summed E-state index contributed by atoms with van der Waals surface area (Å²) in [6, 6.07) is 4.66. The standard InChI is InChI=1S/C16H15F3N2O3/c1-23-11-3-4-12(14(9-11)24-2)13(22)5-6-15-20-7-8-21(15)10-16(17,18)19/h3-9H,10H2,1-2H3. The van der Waals surface area contributed by atoms with Crippen molar-refractivity contribution >= 4 is 11.9 Å². The highest BCUT2D eigenvalue weighted by Gasteiger charge is 2.28. The summed E-state index contributed by atoms with van der Waals surface area (Å²) in [5, 5.41) is 0. The lowest BCUT2D eigenvalue weighted by Crippen LogP contribution is -2.18. The molecule has 2 rings (SSSR count). The minimum atomic E-state index is -4.37. The van der Waals surface area contributed by atoms with Crippen LogP contribution in [-0.4, -0.2) is 35.7 Å². The van der Waals surface area contributed by atoms with Gasteiger partial charge in [0.2, 0.25) is 0 Å². The van der Waals surface area contributed by atoms with E-state index >= 15 is 0 Å². The molecule has 0 saturated heterocycles. The van der Waals surface area contributed by atoms with Crippen molar-refractivity contribution < 1.29 is 27.4 Å². The number of ether oxygens (including phenoxy) is 2. The molecule has 1 aromatic carbocycles. The normalized spacial score (nSPS) is 11.7. The number of imidazole rings is 1. The molecule has 0 radical (unpaired) electrons. The number of aromatic nitrogens is 2. The van der Waals surface area contributed by atoms with E-state index in [0.29, 0.717) is 11.5 Å². The number of halogens is 3. The number of ketones is 1. The van der Waals surface area contributed by atoms with Gasteiger partial charge in [-0.2, -0.15) is 13.2 Å². The fourth-order valence-electron chi connectivity index (χ4n) is 2.05. The molecular formula is C16H15F3N2O3. The molecule has 0 unspecified atom stereocenters. The van der Waals surface area contributed by atoms with E-state index in [4.69, 9.17) is 9.47 Å². The Bertz CT molecular complexity index is 751. The maximum atomic E-state index is 12.5. The van der Waals surface area contributed by atoms with Crippen molar-refractivity contribution in [3.8, 4) is 11.5 Å². The van der Waals surface area contributed by atoms with Crippen molar-refractivity contribution in [3.05, 3.63) is 48.1 Å². The van der Waals surface area contributed by atoms with Crippen LogP contribution in [0.15, 0.2) is 36.7 Å². The lowest BCUT2D eigenvalue weighted by atomic mass is 10.1. The van der Waals surface area contributed by atoms with E-state index in [1.807, 2.05) is 0 Å². The fraction of sp³-hybridized carbons (Fsp3) is 0.250. The lowest BCUT2D eigenvalue weighted by molar-refractivity contribution is -0.140. The first-order chi connectivity index (χ1) is 11.3. The smallest absolute Gasteiger partial charge is 0.406 e. The summed E-state index contributed by atoms with van der Waals surface area (Å²) < 4.78 is 48.5. The zero-order chi connectivity index (χ0) is 17.7. The minimum absolute atomic E-state index is 0.0353. The SMILES string of the molecule is COc1ccc(C(=O)C=Cc2nccn2CC(F)(F)F)c(OC)c1. The Labute approximate surface area is 136 Å². The molecule has 0 aliphatic rings. The van der Waals surface area contributed by atoms with E-state index in [9.17, 15) is 18.0 Å². The third kappa shape index (κ3) is 4.37. The number of allylic oxidation sites excluding steroid dienone is 1. The zero-order valence-corrected chi connectivity index (χ0v) is 13.0. The molecule has 1 aromatic heterocycles. The number of carbonyl (C=O) groups excluding carboxylic acids is 1. The summed E-state index contributed by atoms with van der Waals surface area (Å²) in [6.07, 6.45) is 0.458. The van der Waals surface area contributed by atoms with E-state index in [-0.39, 0.29) is 11.4 Å². The average molecular weight is 340 g/mol. The molecule has 0 bridgehead atoms. The van der Waals surface area contributed by atoms with Gasteiger partial charge in [0.1, 0.15) is 23.9 Å². The summed E-state index contributed by atoms with van der Waals surface area (Å²) in [4.78, 5) is 16.1. The number of hydrogen-bond donors (Lipinski definition) is 0. The van der Waals surface area contributed by atoms with Crippen molar-refractivity contribution in [2.24, 2.45) is 0 Å². The Balaban J connectivity index is 2.21.